The third kappa shape index (κ3) is 3.78. The van der Waals surface area contributed by atoms with Gasteiger partial charge in [0.1, 0.15) is 5.69 Å². The number of carbonyl (C=O) groups is 1. The minimum atomic E-state index is -0.742. The van der Waals surface area contributed by atoms with Gasteiger partial charge < -0.3 is 20.7 Å². The molecule has 0 aromatic carbocycles. The lowest BCUT2D eigenvalue weighted by Crippen LogP contribution is -2.44. The summed E-state index contributed by atoms with van der Waals surface area (Å²) in [6.07, 6.45) is 8.00. The lowest BCUT2D eigenvalue weighted by molar-refractivity contribution is 0.00521. The summed E-state index contributed by atoms with van der Waals surface area (Å²) in [6, 6.07) is 0. The molecule has 1 aliphatic rings. The molecule has 0 spiro atoms. The lowest BCUT2D eigenvalue weighted by atomic mass is 9.85. The predicted octanol–water partition coefficient (Wildman–Crippen LogP) is 0.267. The fourth-order valence-electron chi connectivity index (χ4n) is 2.47. The van der Waals surface area contributed by atoms with Gasteiger partial charge >= 0.3 is 0 Å². The molecule has 2 rings (SSSR count). The van der Waals surface area contributed by atoms with Crippen LogP contribution in [0.3, 0.4) is 0 Å². The Hall–Kier alpha value is -1.40. The molecule has 0 atom stereocenters. The molecular formula is C13H22N4O2. The SMILES string of the molecule is NCCn1cnc(C(=O)NCC2(O)CCCCC2)c1. The van der Waals surface area contributed by atoms with E-state index >= 15 is 0 Å². The maximum atomic E-state index is 11.9. The van der Waals surface area contributed by atoms with Gasteiger partial charge in [-0.15, -0.1) is 0 Å². The predicted molar refractivity (Wildman–Crippen MR) is 71.6 cm³/mol. The first-order valence-electron chi connectivity index (χ1n) is 6.85. The number of hydrogen-bond acceptors (Lipinski definition) is 4. The highest BCUT2D eigenvalue weighted by molar-refractivity contribution is 5.92. The van der Waals surface area contributed by atoms with Crippen molar-refractivity contribution in [3.63, 3.8) is 0 Å². The second-order valence-electron chi connectivity index (χ2n) is 5.25. The molecule has 1 amide bonds. The number of nitrogens with zero attached hydrogens (tertiary/aromatic N) is 2. The molecule has 1 saturated carbocycles. The van der Waals surface area contributed by atoms with Crippen LogP contribution in [0.25, 0.3) is 0 Å². The van der Waals surface area contributed by atoms with E-state index in [1.807, 2.05) is 0 Å². The molecule has 0 saturated heterocycles. The molecule has 1 fully saturated rings. The molecule has 4 N–H and O–H groups in total. The van der Waals surface area contributed by atoms with Gasteiger partial charge in [0.25, 0.3) is 5.91 Å². The summed E-state index contributed by atoms with van der Waals surface area (Å²) in [5, 5.41) is 13.1. The highest BCUT2D eigenvalue weighted by Gasteiger charge is 2.29. The standard InChI is InChI=1S/C13H22N4O2/c14-6-7-17-8-11(16-10-17)12(18)15-9-13(19)4-2-1-3-5-13/h8,10,19H,1-7,9,14H2,(H,15,18). The number of aliphatic hydroxyl groups is 1. The highest BCUT2D eigenvalue weighted by atomic mass is 16.3. The van der Waals surface area contributed by atoms with Crippen LogP contribution in [0.2, 0.25) is 0 Å². The number of nitrogens with two attached hydrogens (primary N) is 1. The van der Waals surface area contributed by atoms with Crippen molar-refractivity contribution in [3.8, 4) is 0 Å². The molecule has 0 bridgehead atoms. The van der Waals surface area contributed by atoms with Gasteiger partial charge in [-0.1, -0.05) is 19.3 Å². The highest BCUT2D eigenvalue weighted by Crippen LogP contribution is 2.27. The van der Waals surface area contributed by atoms with Crippen LogP contribution < -0.4 is 11.1 Å². The number of amides is 1. The zero-order valence-corrected chi connectivity index (χ0v) is 11.1. The van der Waals surface area contributed by atoms with Gasteiger partial charge in [0.05, 0.1) is 11.9 Å². The molecule has 6 nitrogen and oxygen atoms in total. The van der Waals surface area contributed by atoms with E-state index in [1.165, 1.54) is 6.42 Å². The Balaban J connectivity index is 1.86. The van der Waals surface area contributed by atoms with Crippen LogP contribution in [0.1, 0.15) is 42.6 Å². The van der Waals surface area contributed by atoms with Crippen molar-refractivity contribution in [2.75, 3.05) is 13.1 Å². The molecule has 0 radical (unpaired) electrons. The van der Waals surface area contributed by atoms with Crippen LogP contribution in [-0.2, 0) is 6.54 Å². The Morgan fingerprint density at radius 2 is 2.21 bits per heavy atom. The zero-order valence-electron chi connectivity index (χ0n) is 11.1. The minimum Gasteiger partial charge on any atom is -0.388 e. The van der Waals surface area contributed by atoms with Gasteiger partial charge in [-0.2, -0.15) is 0 Å². The average molecular weight is 266 g/mol. The van der Waals surface area contributed by atoms with E-state index in [1.54, 1.807) is 17.1 Å². The average Bonchev–Trinajstić information content (AvgIpc) is 2.86. The molecule has 1 aliphatic carbocycles. The van der Waals surface area contributed by atoms with Gasteiger partial charge in [-0.05, 0) is 12.8 Å². The molecule has 0 unspecified atom stereocenters. The van der Waals surface area contributed by atoms with E-state index < -0.39 is 5.60 Å². The van der Waals surface area contributed by atoms with Crippen LogP contribution in [0.5, 0.6) is 0 Å². The first kappa shape index (κ1) is 14.0. The topological polar surface area (TPSA) is 93.2 Å². The van der Waals surface area contributed by atoms with Gasteiger partial charge in [0, 0.05) is 25.8 Å². The Bertz CT molecular complexity index is 424. The van der Waals surface area contributed by atoms with Gasteiger partial charge in [0.2, 0.25) is 0 Å². The Labute approximate surface area is 113 Å². The first-order chi connectivity index (χ1) is 9.13. The van der Waals surface area contributed by atoms with Crippen LogP contribution in [-0.4, -0.2) is 39.3 Å². The van der Waals surface area contributed by atoms with Crippen molar-refractivity contribution < 1.29 is 9.90 Å². The van der Waals surface area contributed by atoms with Crippen LogP contribution >= 0.6 is 0 Å². The number of imidazole rings is 1. The Morgan fingerprint density at radius 1 is 1.47 bits per heavy atom. The van der Waals surface area contributed by atoms with E-state index in [9.17, 15) is 9.90 Å². The zero-order chi connectivity index (χ0) is 13.7. The van der Waals surface area contributed by atoms with E-state index in [0.29, 0.717) is 25.3 Å². The van der Waals surface area contributed by atoms with Crippen molar-refractivity contribution in [3.05, 3.63) is 18.2 Å². The van der Waals surface area contributed by atoms with Gasteiger partial charge in [0.15, 0.2) is 0 Å². The summed E-state index contributed by atoms with van der Waals surface area (Å²) >= 11 is 0. The van der Waals surface area contributed by atoms with Gasteiger partial charge in [-0.3, -0.25) is 4.79 Å². The summed E-state index contributed by atoms with van der Waals surface area (Å²) < 4.78 is 1.78. The second kappa shape index (κ2) is 6.16. The molecule has 1 heterocycles. The third-order valence-electron chi connectivity index (χ3n) is 3.62. The van der Waals surface area contributed by atoms with Crippen molar-refractivity contribution in [2.45, 2.75) is 44.2 Å². The van der Waals surface area contributed by atoms with Crippen LogP contribution in [0.4, 0.5) is 0 Å². The maximum Gasteiger partial charge on any atom is 0.271 e. The number of nitrogens with one attached hydrogen (secondary N) is 1. The van der Waals surface area contributed by atoms with Crippen molar-refractivity contribution in [1.29, 1.82) is 0 Å². The second-order valence-corrected chi connectivity index (χ2v) is 5.25. The Kier molecular flexibility index (Phi) is 4.55. The summed E-state index contributed by atoms with van der Waals surface area (Å²) in [5.74, 6) is -0.241. The summed E-state index contributed by atoms with van der Waals surface area (Å²) in [4.78, 5) is 16.0. The summed E-state index contributed by atoms with van der Waals surface area (Å²) in [5.41, 5.74) is 5.06. The summed E-state index contributed by atoms with van der Waals surface area (Å²) in [7, 11) is 0. The summed E-state index contributed by atoms with van der Waals surface area (Å²) in [6.45, 7) is 1.46. The molecule has 106 valence electrons. The number of rotatable bonds is 5. The van der Waals surface area contributed by atoms with Crippen LogP contribution in [0.15, 0.2) is 12.5 Å². The monoisotopic (exact) mass is 266 g/mol. The van der Waals surface area contributed by atoms with Crippen molar-refractivity contribution in [1.82, 2.24) is 14.9 Å². The van der Waals surface area contributed by atoms with E-state index in [2.05, 4.69) is 10.3 Å². The van der Waals surface area contributed by atoms with E-state index in [-0.39, 0.29) is 5.91 Å². The smallest absolute Gasteiger partial charge is 0.271 e. The fourth-order valence-corrected chi connectivity index (χ4v) is 2.47. The van der Waals surface area contributed by atoms with Crippen molar-refractivity contribution in [2.24, 2.45) is 5.73 Å². The van der Waals surface area contributed by atoms with E-state index in [0.717, 1.165) is 25.7 Å². The minimum absolute atomic E-state index is 0.241. The van der Waals surface area contributed by atoms with E-state index in [4.69, 9.17) is 5.73 Å². The largest absolute Gasteiger partial charge is 0.388 e. The lowest BCUT2D eigenvalue weighted by Gasteiger charge is -2.31. The molecule has 1 aromatic rings. The molecular weight excluding hydrogens is 244 g/mol. The number of aromatic nitrogens is 2. The number of hydrogen-bond donors (Lipinski definition) is 3. The quantitative estimate of drug-likeness (QED) is 0.713. The Morgan fingerprint density at radius 3 is 2.89 bits per heavy atom. The van der Waals surface area contributed by atoms with Gasteiger partial charge in [-0.25, -0.2) is 4.98 Å². The van der Waals surface area contributed by atoms with Crippen molar-refractivity contribution >= 4 is 5.91 Å². The molecule has 6 heteroatoms. The fraction of sp³-hybridized carbons (Fsp3) is 0.692. The molecule has 0 aliphatic heterocycles. The first-order valence-corrected chi connectivity index (χ1v) is 6.85. The molecule has 19 heavy (non-hydrogen) atoms. The molecule has 1 aromatic heterocycles. The number of carbonyl (C=O) groups excluding carboxylic acids is 1. The maximum absolute atomic E-state index is 11.9. The normalized spacial score (nSPS) is 18.2. The third-order valence-corrected chi connectivity index (χ3v) is 3.62. The van der Waals surface area contributed by atoms with Crippen LogP contribution in [0, 0.1) is 0 Å².